The zero-order valence-corrected chi connectivity index (χ0v) is 23.9. The molecule has 4 aliphatic rings. The smallest absolute Gasteiger partial charge is 0.139 e. The fraction of sp³-hybridized carbons (Fsp3) is 0.625. The fourth-order valence-corrected chi connectivity index (χ4v) is 10.0. The highest BCUT2D eigenvalue weighted by molar-refractivity contribution is 6.26. The zero-order chi connectivity index (χ0) is 26.5. The first-order chi connectivity index (χ1) is 17.4. The predicted molar refractivity (Wildman–Crippen MR) is 149 cm³/mol. The lowest BCUT2D eigenvalue weighted by Crippen LogP contribution is -2.68. The van der Waals surface area contributed by atoms with Crippen molar-refractivity contribution in [1.82, 2.24) is 9.78 Å². The molecule has 0 aliphatic heterocycles. The highest BCUT2D eigenvalue weighted by Crippen LogP contribution is 2.74. The molecule has 0 amide bonds. The number of benzene rings is 1. The van der Waals surface area contributed by atoms with Crippen LogP contribution in [0.15, 0.2) is 36.0 Å². The number of aliphatic hydroxyl groups excluding tert-OH is 1. The van der Waals surface area contributed by atoms with Crippen LogP contribution in [0.2, 0.25) is 0 Å². The topological polar surface area (TPSA) is 55.1 Å². The van der Waals surface area contributed by atoms with Crippen LogP contribution in [0.4, 0.5) is 0 Å². The number of carbonyl (C=O) groups is 1. The fourth-order valence-electron chi connectivity index (χ4n) is 9.48. The number of hydrogen-bond donors (Lipinski definition) is 1. The van der Waals surface area contributed by atoms with E-state index in [1.807, 2.05) is 11.6 Å². The maximum Gasteiger partial charge on any atom is 0.139 e. The average Bonchev–Trinajstić information content (AvgIpc) is 3.35. The molecule has 0 bridgehead atoms. The van der Waals surface area contributed by atoms with E-state index < -0.39 is 16.4 Å². The molecule has 0 unspecified atom stereocenters. The third kappa shape index (κ3) is 3.06. The summed E-state index contributed by atoms with van der Waals surface area (Å²) >= 11 is 7.83. The third-order valence-corrected chi connectivity index (χ3v) is 12.8. The molecule has 3 fully saturated rings. The van der Waals surface area contributed by atoms with Gasteiger partial charge in [-0.2, -0.15) is 5.10 Å². The normalized spacial score (nSPS) is 42.3. The van der Waals surface area contributed by atoms with Crippen molar-refractivity contribution in [2.75, 3.05) is 0 Å². The van der Waals surface area contributed by atoms with E-state index >= 15 is 0 Å². The van der Waals surface area contributed by atoms with Gasteiger partial charge in [-0.3, -0.25) is 4.79 Å². The Bertz CT molecular complexity index is 1310. The second kappa shape index (κ2) is 8.05. The van der Waals surface area contributed by atoms with Crippen molar-refractivity contribution < 1.29 is 9.90 Å². The van der Waals surface area contributed by atoms with E-state index in [4.69, 9.17) is 16.7 Å². The maximum atomic E-state index is 13.4. The maximum absolute atomic E-state index is 13.4. The van der Waals surface area contributed by atoms with E-state index in [1.54, 1.807) is 0 Å². The summed E-state index contributed by atoms with van der Waals surface area (Å²) in [4.78, 5) is 12.6. The highest BCUT2D eigenvalue weighted by atomic mass is 35.5. The average molecular weight is 521 g/mol. The van der Waals surface area contributed by atoms with Crippen molar-refractivity contribution in [3.05, 3.63) is 52.9 Å². The Hall–Kier alpha value is -1.91. The highest BCUT2D eigenvalue weighted by Gasteiger charge is 2.73. The molecular weight excluding hydrogens is 480 g/mol. The number of halogens is 1. The van der Waals surface area contributed by atoms with E-state index in [1.165, 1.54) is 16.7 Å². The predicted octanol–water partition coefficient (Wildman–Crippen LogP) is 6.93. The van der Waals surface area contributed by atoms with Gasteiger partial charge in [0.1, 0.15) is 5.78 Å². The van der Waals surface area contributed by atoms with E-state index in [0.717, 1.165) is 37.1 Å². The molecular formula is C32H41ClN2O2. The van der Waals surface area contributed by atoms with Gasteiger partial charge in [0.2, 0.25) is 0 Å². The molecule has 0 saturated heterocycles. The second-order valence-corrected chi connectivity index (χ2v) is 13.9. The number of rotatable bonds is 3. The van der Waals surface area contributed by atoms with E-state index in [2.05, 4.69) is 71.2 Å². The molecule has 1 aromatic heterocycles. The number of aliphatic hydroxyl groups is 1. The Kier molecular flexibility index (Phi) is 5.52. The summed E-state index contributed by atoms with van der Waals surface area (Å²) in [6, 6.07) is 8.41. The number of nitrogens with zero attached hydrogens (tertiary/aromatic N) is 2. The quantitative estimate of drug-likeness (QED) is 0.446. The largest absolute Gasteiger partial charge is 0.391 e. The van der Waals surface area contributed by atoms with Crippen LogP contribution in [0, 0.1) is 40.9 Å². The molecule has 4 nitrogen and oxygen atoms in total. The minimum atomic E-state index is -0.759. The van der Waals surface area contributed by atoms with Crippen molar-refractivity contribution in [3.8, 4) is 5.69 Å². The minimum Gasteiger partial charge on any atom is -0.391 e. The number of fused-ring (bicyclic) bond motifs is 6. The summed E-state index contributed by atoms with van der Waals surface area (Å²) in [7, 11) is 0. The molecule has 0 spiro atoms. The van der Waals surface area contributed by atoms with Crippen LogP contribution in [0.5, 0.6) is 0 Å². The van der Waals surface area contributed by atoms with Crippen LogP contribution in [-0.2, 0) is 11.2 Å². The number of alkyl halides is 1. The van der Waals surface area contributed by atoms with E-state index in [0.29, 0.717) is 24.5 Å². The zero-order valence-electron chi connectivity index (χ0n) is 23.1. The Morgan fingerprint density at radius 2 is 2.00 bits per heavy atom. The number of carbonyl (C=O) groups excluding carboxylic acids is 1. The standard InChI is InChI=1S/C32H41ClN2O2/c1-7-27(36)31(6)20(3)14-25-24-12-11-22-15-26-21(18-35(34-26)23-10-8-9-19(2)13-23)16-29(22,4)32(24,33)28(37)17-30(25,31)5/h8-10,13,15,18,20,24-25,28,37H,7,11-12,14,16-17H2,1-6H3/t20-,24-,25-,28-,29-,30-,31+,32-/m0/s1. The summed E-state index contributed by atoms with van der Waals surface area (Å²) in [5, 5.41) is 17.0. The number of allylic oxidation sites excluding steroid dienone is 1. The first kappa shape index (κ1) is 25.4. The van der Waals surface area contributed by atoms with Crippen molar-refractivity contribution in [2.24, 2.45) is 34.0 Å². The summed E-state index contributed by atoms with van der Waals surface area (Å²) in [6.45, 7) is 13.1. The number of aryl methyl sites for hydroxylation is 1. The van der Waals surface area contributed by atoms with Gasteiger partial charge < -0.3 is 5.11 Å². The van der Waals surface area contributed by atoms with Crippen molar-refractivity contribution in [3.63, 3.8) is 0 Å². The van der Waals surface area contributed by atoms with Crippen LogP contribution in [0.3, 0.4) is 0 Å². The number of Topliss-reactive ketones (excluding diaryl/α,β-unsaturated/α-hetero) is 1. The van der Waals surface area contributed by atoms with E-state index in [9.17, 15) is 9.90 Å². The van der Waals surface area contributed by atoms with E-state index in [-0.39, 0.29) is 22.7 Å². The Balaban J connectivity index is 1.41. The monoisotopic (exact) mass is 520 g/mol. The lowest BCUT2D eigenvalue weighted by atomic mass is 9.43. The molecule has 0 radical (unpaired) electrons. The minimum absolute atomic E-state index is 0.173. The van der Waals surface area contributed by atoms with Crippen molar-refractivity contribution in [2.45, 2.75) is 91.0 Å². The molecule has 8 atom stereocenters. The van der Waals surface area contributed by atoms with Crippen LogP contribution in [-0.4, -0.2) is 31.6 Å². The molecule has 2 aromatic rings. The van der Waals surface area contributed by atoms with Gasteiger partial charge in [0, 0.05) is 23.4 Å². The molecule has 5 heteroatoms. The molecule has 37 heavy (non-hydrogen) atoms. The molecule has 1 heterocycles. The van der Waals surface area contributed by atoms with Gasteiger partial charge in [0.05, 0.1) is 22.4 Å². The lowest BCUT2D eigenvalue weighted by Gasteiger charge is -2.65. The Labute approximate surface area is 226 Å². The van der Waals surface area contributed by atoms with Crippen LogP contribution in [0.25, 0.3) is 11.8 Å². The van der Waals surface area contributed by atoms with Crippen LogP contribution >= 0.6 is 11.6 Å². The first-order valence-corrected chi connectivity index (χ1v) is 14.5. The number of aromatic nitrogens is 2. The summed E-state index contributed by atoms with van der Waals surface area (Å²) in [5.74, 6) is 1.13. The molecule has 4 aliphatic carbocycles. The molecule has 6 rings (SSSR count). The van der Waals surface area contributed by atoms with Crippen LogP contribution in [0.1, 0.15) is 83.5 Å². The van der Waals surface area contributed by atoms with Gasteiger partial charge in [-0.15, -0.1) is 11.6 Å². The molecule has 198 valence electrons. The molecule has 1 aromatic carbocycles. The molecule has 3 saturated carbocycles. The number of hydrogen-bond acceptors (Lipinski definition) is 3. The summed E-state index contributed by atoms with van der Waals surface area (Å²) in [5.41, 5.74) is 4.79. The van der Waals surface area contributed by atoms with Crippen molar-refractivity contribution in [1.29, 1.82) is 0 Å². The van der Waals surface area contributed by atoms with Gasteiger partial charge in [-0.05, 0) is 91.5 Å². The number of ketones is 1. The third-order valence-electron chi connectivity index (χ3n) is 11.8. The molecule has 1 N–H and O–H groups in total. The summed E-state index contributed by atoms with van der Waals surface area (Å²) in [6.07, 6.45) is 8.59. The lowest BCUT2D eigenvalue weighted by molar-refractivity contribution is -0.153. The van der Waals surface area contributed by atoms with Crippen LogP contribution < -0.4 is 0 Å². The van der Waals surface area contributed by atoms with Gasteiger partial charge in [0.25, 0.3) is 0 Å². The van der Waals surface area contributed by atoms with Gasteiger partial charge in [-0.1, -0.05) is 52.3 Å². The summed E-state index contributed by atoms with van der Waals surface area (Å²) < 4.78 is 1.99. The first-order valence-electron chi connectivity index (χ1n) is 14.2. The second-order valence-electron chi connectivity index (χ2n) is 13.3. The Morgan fingerprint density at radius 3 is 2.70 bits per heavy atom. The van der Waals surface area contributed by atoms with Gasteiger partial charge in [0.15, 0.2) is 0 Å². The van der Waals surface area contributed by atoms with Gasteiger partial charge in [-0.25, -0.2) is 4.68 Å². The van der Waals surface area contributed by atoms with Gasteiger partial charge >= 0.3 is 0 Å². The van der Waals surface area contributed by atoms with Crippen molar-refractivity contribution >= 4 is 23.5 Å². The SMILES string of the molecule is CCC(=O)[C@@]1(C)[C@@H](C)C[C@H]2[C@@H]3CCC4=Cc5nn(-c6cccc(C)c6)cc5C[C@]4(C)[C@@]3(Cl)[C@@H](O)C[C@@]21C. The Morgan fingerprint density at radius 1 is 1.24 bits per heavy atom.